The van der Waals surface area contributed by atoms with Gasteiger partial charge in [0.05, 0.1) is 0 Å². The van der Waals surface area contributed by atoms with Crippen LogP contribution in [-0.4, -0.2) is 5.71 Å². The van der Waals surface area contributed by atoms with Crippen LogP contribution in [0.25, 0.3) is 0 Å². The number of hydrogen-bond acceptors (Lipinski definition) is 3. The first-order valence-corrected chi connectivity index (χ1v) is 2.44. The molecule has 3 heteroatoms. The molecule has 1 rings (SSSR count). The first-order chi connectivity index (χ1) is 4.33. The summed E-state index contributed by atoms with van der Waals surface area (Å²) in [6.07, 6.45) is 3.31. The number of allylic oxidation sites excluding steroid dienone is 2. The normalized spacial score (nSPS) is 15.9. The van der Waals surface area contributed by atoms with E-state index in [-0.39, 0.29) is 0 Å². The van der Waals surface area contributed by atoms with Gasteiger partial charge in [-0.3, -0.25) is 5.43 Å². The molecule has 0 aromatic carbocycles. The largest absolute Gasteiger partial charge is 0.278 e. The molecule has 0 saturated carbocycles. The standard InChI is InChI=1S/C6H5N3/c1-5-2-3-6(4-7)9-8-5/h2-3,8H,1H2. The van der Waals surface area contributed by atoms with Crippen LogP contribution in [0.5, 0.6) is 0 Å². The van der Waals surface area contributed by atoms with E-state index < -0.39 is 0 Å². The Morgan fingerprint density at radius 1 is 1.67 bits per heavy atom. The maximum atomic E-state index is 8.28. The lowest BCUT2D eigenvalue weighted by molar-refractivity contribution is 0.916. The van der Waals surface area contributed by atoms with Crippen molar-refractivity contribution in [3.05, 3.63) is 24.4 Å². The summed E-state index contributed by atoms with van der Waals surface area (Å²) >= 11 is 0. The van der Waals surface area contributed by atoms with Crippen molar-refractivity contribution < 1.29 is 0 Å². The Kier molecular flexibility index (Phi) is 1.32. The number of nitriles is 1. The van der Waals surface area contributed by atoms with Crippen LogP contribution in [-0.2, 0) is 0 Å². The Bertz CT molecular complexity index is 229. The third-order valence-corrected chi connectivity index (χ3v) is 0.877. The van der Waals surface area contributed by atoms with E-state index in [1.807, 2.05) is 6.07 Å². The predicted molar refractivity (Wildman–Crippen MR) is 34.5 cm³/mol. The van der Waals surface area contributed by atoms with Crippen LogP contribution in [0.3, 0.4) is 0 Å². The van der Waals surface area contributed by atoms with Gasteiger partial charge in [-0.25, -0.2) is 0 Å². The smallest absolute Gasteiger partial charge is 0.160 e. The highest BCUT2D eigenvalue weighted by molar-refractivity contribution is 6.07. The molecule has 0 fully saturated rings. The first kappa shape index (κ1) is 5.57. The molecule has 3 nitrogen and oxygen atoms in total. The van der Waals surface area contributed by atoms with E-state index in [1.54, 1.807) is 12.2 Å². The van der Waals surface area contributed by atoms with Gasteiger partial charge in [-0.1, -0.05) is 6.58 Å². The zero-order valence-corrected chi connectivity index (χ0v) is 4.76. The number of hydrazone groups is 1. The van der Waals surface area contributed by atoms with Gasteiger partial charge in [0.15, 0.2) is 5.71 Å². The fourth-order valence-electron chi connectivity index (χ4n) is 0.448. The molecule has 0 radical (unpaired) electrons. The molecule has 1 N–H and O–H groups in total. The zero-order chi connectivity index (χ0) is 6.69. The van der Waals surface area contributed by atoms with Crippen molar-refractivity contribution >= 4 is 5.71 Å². The van der Waals surface area contributed by atoms with E-state index >= 15 is 0 Å². The molecular formula is C6H5N3. The van der Waals surface area contributed by atoms with Crippen LogP contribution in [0.1, 0.15) is 0 Å². The predicted octanol–water partition coefficient (Wildman–Crippen LogP) is 0.539. The monoisotopic (exact) mass is 119 g/mol. The van der Waals surface area contributed by atoms with Crippen molar-refractivity contribution in [3.63, 3.8) is 0 Å². The van der Waals surface area contributed by atoms with Crippen LogP contribution < -0.4 is 5.43 Å². The van der Waals surface area contributed by atoms with Crippen molar-refractivity contribution in [2.24, 2.45) is 5.10 Å². The molecule has 0 aliphatic carbocycles. The van der Waals surface area contributed by atoms with E-state index in [0.717, 1.165) is 0 Å². The second-order valence-electron chi connectivity index (χ2n) is 1.58. The summed E-state index contributed by atoms with van der Waals surface area (Å²) in [6, 6.07) is 1.88. The van der Waals surface area contributed by atoms with E-state index in [9.17, 15) is 0 Å². The molecule has 0 amide bonds. The van der Waals surface area contributed by atoms with Crippen molar-refractivity contribution in [3.8, 4) is 6.07 Å². The molecule has 1 aliphatic heterocycles. The average Bonchev–Trinajstić information content (AvgIpc) is 1.90. The fourth-order valence-corrected chi connectivity index (χ4v) is 0.448. The van der Waals surface area contributed by atoms with Gasteiger partial charge in [0.2, 0.25) is 0 Å². The maximum absolute atomic E-state index is 8.28. The first-order valence-electron chi connectivity index (χ1n) is 2.44. The highest BCUT2D eigenvalue weighted by Crippen LogP contribution is 1.94. The summed E-state index contributed by atoms with van der Waals surface area (Å²) in [5.74, 6) is 0. The molecular weight excluding hydrogens is 114 g/mol. The summed E-state index contributed by atoms with van der Waals surface area (Å²) in [6.45, 7) is 3.57. The van der Waals surface area contributed by atoms with E-state index in [0.29, 0.717) is 11.4 Å². The fraction of sp³-hybridized carbons (Fsp3) is 0. The minimum Gasteiger partial charge on any atom is -0.278 e. The minimum absolute atomic E-state index is 0.377. The summed E-state index contributed by atoms with van der Waals surface area (Å²) in [5, 5.41) is 11.9. The van der Waals surface area contributed by atoms with Gasteiger partial charge < -0.3 is 0 Å². The second kappa shape index (κ2) is 2.14. The molecule has 0 unspecified atom stereocenters. The Morgan fingerprint density at radius 3 is 2.89 bits per heavy atom. The highest BCUT2D eigenvalue weighted by atomic mass is 15.3. The molecule has 1 heterocycles. The van der Waals surface area contributed by atoms with Crippen molar-refractivity contribution in [2.45, 2.75) is 0 Å². The van der Waals surface area contributed by atoms with Crippen molar-refractivity contribution in [1.29, 1.82) is 5.26 Å². The highest BCUT2D eigenvalue weighted by Gasteiger charge is 1.96. The van der Waals surface area contributed by atoms with Crippen LogP contribution in [0.15, 0.2) is 29.5 Å². The van der Waals surface area contributed by atoms with Gasteiger partial charge in [0.1, 0.15) is 6.07 Å². The Labute approximate surface area is 53.0 Å². The summed E-state index contributed by atoms with van der Waals surface area (Å²) in [4.78, 5) is 0. The van der Waals surface area contributed by atoms with Gasteiger partial charge in [-0.2, -0.15) is 10.4 Å². The van der Waals surface area contributed by atoms with Crippen LogP contribution in [0.2, 0.25) is 0 Å². The van der Waals surface area contributed by atoms with E-state index in [4.69, 9.17) is 5.26 Å². The SMILES string of the molecule is C=C1C=CC(C#N)=NN1. The summed E-state index contributed by atoms with van der Waals surface area (Å²) in [5.41, 5.74) is 3.65. The Balaban J connectivity index is 2.77. The zero-order valence-electron chi connectivity index (χ0n) is 4.76. The molecule has 1 aliphatic rings. The van der Waals surface area contributed by atoms with Crippen LogP contribution in [0, 0.1) is 11.3 Å². The number of nitrogens with one attached hydrogen (secondary N) is 1. The molecule has 0 bridgehead atoms. The summed E-state index contributed by atoms with van der Waals surface area (Å²) in [7, 11) is 0. The third kappa shape index (κ3) is 1.16. The Hall–Kier alpha value is -1.56. The lowest BCUT2D eigenvalue weighted by atomic mass is 10.3. The van der Waals surface area contributed by atoms with Gasteiger partial charge in [0.25, 0.3) is 0 Å². The number of hydrogen-bond donors (Lipinski definition) is 1. The van der Waals surface area contributed by atoms with Gasteiger partial charge >= 0.3 is 0 Å². The number of rotatable bonds is 0. The van der Waals surface area contributed by atoms with Crippen LogP contribution >= 0.6 is 0 Å². The Morgan fingerprint density at radius 2 is 2.44 bits per heavy atom. The maximum Gasteiger partial charge on any atom is 0.160 e. The van der Waals surface area contributed by atoms with E-state index in [1.165, 1.54) is 0 Å². The van der Waals surface area contributed by atoms with Gasteiger partial charge in [0, 0.05) is 5.70 Å². The molecule has 9 heavy (non-hydrogen) atoms. The van der Waals surface area contributed by atoms with Gasteiger partial charge in [-0.15, -0.1) is 0 Å². The number of nitrogens with zero attached hydrogens (tertiary/aromatic N) is 2. The van der Waals surface area contributed by atoms with Crippen molar-refractivity contribution in [2.75, 3.05) is 0 Å². The molecule has 0 saturated heterocycles. The third-order valence-electron chi connectivity index (χ3n) is 0.877. The molecule has 0 aromatic heterocycles. The minimum atomic E-state index is 0.377. The topological polar surface area (TPSA) is 48.2 Å². The van der Waals surface area contributed by atoms with Gasteiger partial charge in [-0.05, 0) is 12.2 Å². The lowest BCUT2D eigenvalue weighted by Crippen LogP contribution is -2.09. The van der Waals surface area contributed by atoms with E-state index in [2.05, 4.69) is 17.1 Å². The second-order valence-corrected chi connectivity index (χ2v) is 1.58. The average molecular weight is 119 g/mol. The summed E-state index contributed by atoms with van der Waals surface area (Å²) < 4.78 is 0. The lowest BCUT2D eigenvalue weighted by Gasteiger charge is -2.01. The van der Waals surface area contributed by atoms with Crippen LogP contribution in [0.4, 0.5) is 0 Å². The quantitative estimate of drug-likeness (QED) is 0.506. The molecule has 44 valence electrons. The molecule has 0 aromatic rings. The van der Waals surface area contributed by atoms with Crippen molar-refractivity contribution in [1.82, 2.24) is 5.43 Å². The molecule has 0 atom stereocenters. The molecule has 0 spiro atoms.